The Bertz CT molecular complexity index is 2110. The molecule has 17 nitrogen and oxygen atoms in total. The highest BCUT2D eigenvalue weighted by atomic mass is 79.9. The van der Waals surface area contributed by atoms with Crippen molar-refractivity contribution in [2.75, 3.05) is 30.7 Å². The van der Waals surface area contributed by atoms with E-state index >= 15 is 0 Å². The van der Waals surface area contributed by atoms with E-state index in [0.29, 0.717) is 29.8 Å². The number of imidazole rings is 1. The summed E-state index contributed by atoms with van der Waals surface area (Å²) < 4.78 is 64.3. The van der Waals surface area contributed by atoms with Gasteiger partial charge in [0.25, 0.3) is 0 Å². The number of aromatic nitrogens is 4. The van der Waals surface area contributed by atoms with Crippen LogP contribution in [0.4, 0.5) is 11.8 Å². The number of carbonyl (C=O) groups is 1. The van der Waals surface area contributed by atoms with E-state index in [-0.39, 0.29) is 35.3 Å². The smallest absolute Gasteiger partial charge is 0.459 e. The molecule has 6 rings (SSSR count). The Kier molecular flexibility index (Phi) is 11.2. The average molecular weight is 844 g/mol. The number of ether oxygens (including phenoxy) is 2. The normalized spacial score (nSPS) is 22.4. The molecule has 1 aliphatic carbocycles. The van der Waals surface area contributed by atoms with Crippen LogP contribution >= 0.6 is 35.3 Å². The van der Waals surface area contributed by atoms with Gasteiger partial charge in [0.15, 0.2) is 17.0 Å². The first-order valence-corrected chi connectivity index (χ1v) is 20.6. The molecule has 0 bridgehead atoms. The third kappa shape index (κ3) is 8.37. The first-order valence-electron chi connectivity index (χ1n) is 16.0. The minimum absolute atomic E-state index is 0.0881. The molecule has 1 aliphatic heterocycles. The lowest BCUT2D eigenvalue weighted by atomic mass is 9.78. The molecule has 2 aromatic carbocycles. The molecule has 0 spiro atoms. The number of sulfonamides is 1. The lowest BCUT2D eigenvalue weighted by Crippen LogP contribution is -2.57. The molecule has 3 unspecified atom stereocenters. The minimum atomic E-state index is -4.36. The minimum Gasteiger partial charge on any atom is -0.459 e. The fourth-order valence-electron chi connectivity index (χ4n) is 5.92. The van der Waals surface area contributed by atoms with Crippen LogP contribution in [0.1, 0.15) is 38.0 Å². The second-order valence-electron chi connectivity index (χ2n) is 12.6. The van der Waals surface area contributed by atoms with E-state index in [1.54, 1.807) is 55.5 Å². The number of aliphatic hydroxyl groups excluding tert-OH is 1. The van der Waals surface area contributed by atoms with Gasteiger partial charge in [-0.1, -0.05) is 52.7 Å². The van der Waals surface area contributed by atoms with Gasteiger partial charge >= 0.3 is 13.7 Å². The maximum Gasteiger partial charge on any atom is 0.459 e. The largest absolute Gasteiger partial charge is 0.459 e. The van der Waals surface area contributed by atoms with Gasteiger partial charge in [-0.15, -0.1) is 4.83 Å². The van der Waals surface area contributed by atoms with Crippen molar-refractivity contribution in [2.45, 2.75) is 56.8 Å². The number of aliphatic hydroxyl groups is 1. The van der Waals surface area contributed by atoms with E-state index in [9.17, 15) is 22.9 Å². The zero-order valence-electron chi connectivity index (χ0n) is 28.2. The molecule has 0 amide bonds. The van der Waals surface area contributed by atoms with Crippen molar-refractivity contribution in [1.82, 2.24) is 29.4 Å². The number of fused-ring (bicyclic) bond motifs is 1. The molecule has 5 atom stereocenters. The molecule has 52 heavy (non-hydrogen) atoms. The summed E-state index contributed by atoms with van der Waals surface area (Å²) in [4.78, 5) is 28.6. The first-order chi connectivity index (χ1) is 24.6. The maximum atomic E-state index is 14.5. The number of nitrogens with two attached hydrogens (primary N) is 1. The van der Waals surface area contributed by atoms with Crippen LogP contribution in [0.2, 0.25) is 5.02 Å². The van der Waals surface area contributed by atoms with Crippen molar-refractivity contribution in [3.8, 4) is 5.75 Å². The molecule has 0 radical (unpaired) electrons. The third-order valence-electron chi connectivity index (χ3n) is 8.71. The topological polar surface area (TPSA) is 222 Å². The number of esters is 1. The zero-order valence-corrected chi connectivity index (χ0v) is 32.2. The first kappa shape index (κ1) is 38.3. The standard InChI is InChI=1S/C31H37BrClN8O9PS/c1-18-25(42)23(49-28(18)41-17-35-24-26(36-30(34)37-27(24)41)40(2)39-52(3,45)46)16-48-51(44,50-21-11-9-20(32)10-12-21)38-31(13-6-14-31)29(43)47-15-19-7-4-5-8-22(19)33/h4-5,7-12,17-18,23,25,28,39,42H,6,13-16H2,1-3H3,(H,38,44)(H2,34,36,37)/t18-,23?,25-,28?,51?/m0/s1. The Morgan fingerprint density at radius 1 is 1.23 bits per heavy atom. The molecular weight excluding hydrogens is 807 g/mol. The third-order valence-corrected chi connectivity index (χ3v) is 11.9. The Morgan fingerprint density at radius 3 is 2.60 bits per heavy atom. The number of nitrogen functional groups attached to an aromatic ring is 1. The van der Waals surface area contributed by atoms with E-state index < -0.39 is 60.2 Å². The summed E-state index contributed by atoms with van der Waals surface area (Å²) in [5, 5.41) is 15.8. The van der Waals surface area contributed by atoms with E-state index in [2.05, 4.69) is 40.8 Å². The van der Waals surface area contributed by atoms with Crippen LogP contribution in [0.15, 0.2) is 59.3 Å². The van der Waals surface area contributed by atoms with Crippen molar-refractivity contribution in [1.29, 1.82) is 0 Å². The number of rotatable bonds is 14. The second kappa shape index (κ2) is 15.2. The summed E-state index contributed by atoms with van der Waals surface area (Å²) >= 11 is 9.62. The van der Waals surface area contributed by atoms with Crippen molar-refractivity contribution >= 4 is 74.2 Å². The Hall–Kier alpha value is -3.39. The number of benzene rings is 2. The van der Waals surface area contributed by atoms with Gasteiger partial charge in [-0.25, -0.2) is 18.0 Å². The van der Waals surface area contributed by atoms with Crippen LogP contribution in [-0.2, 0) is 40.0 Å². The van der Waals surface area contributed by atoms with Crippen LogP contribution < -0.4 is 25.2 Å². The number of anilines is 2. The van der Waals surface area contributed by atoms with Crippen LogP contribution in [-0.4, -0.2) is 76.7 Å². The second-order valence-corrected chi connectivity index (χ2v) is 17.3. The lowest BCUT2D eigenvalue weighted by molar-refractivity contribution is -0.156. The van der Waals surface area contributed by atoms with Gasteiger partial charge in [0.05, 0.1) is 25.3 Å². The van der Waals surface area contributed by atoms with Gasteiger partial charge in [-0.05, 0) is 49.6 Å². The summed E-state index contributed by atoms with van der Waals surface area (Å²) in [6, 6.07) is 13.5. The number of halogens is 2. The van der Waals surface area contributed by atoms with Gasteiger partial charge in [-0.2, -0.15) is 15.1 Å². The highest BCUT2D eigenvalue weighted by molar-refractivity contribution is 9.10. The highest BCUT2D eigenvalue weighted by Gasteiger charge is 2.52. The fraction of sp³-hybridized carbons (Fsp3) is 0.419. The summed E-state index contributed by atoms with van der Waals surface area (Å²) in [5.74, 6) is -1.09. The van der Waals surface area contributed by atoms with Gasteiger partial charge < -0.3 is 24.8 Å². The monoisotopic (exact) mass is 842 g/mol. The highest BCUT2D eigenvalue weighted by Crippen LogP contribution is 2.51. The molecule has 280 valence electrons. The summed E-state index contributed by atoms with van der Waals surface area (Å²) in [6.45, 7) is 1.23. The molecular formula is C31H37BrClN8O9PS. The lowest BCUT2D eigenvalue weighted by Gasteiger charge is -2.41. The fourth-order valence-corrected chi connectivity index (χ4v) is 8.70. The van der Waals surface area contributed by atoms with Gasteiger partial charge in [0.2, 0.25) is 16.0 Å². The number of nitrogens with one attached hydrogen (secondary N) is 2. The molecule has 2 aromatic heterocycles. The number of hydrazine groups is 1. The zero-order chi connectivity index (χ0) is 37.4. The Balaban J connectivity index is 1.22. The van der Waals surface area contributed by atoms with E-state index in [0.717, 1.165) is 15.7 Å². The molecule has 1 saturated carbocycles. The van der Waals surface area contributed by atoms with E-state index in [4.69, 9.17) is 35.9 Å². The van der Waals surface area contributed by atoms with Crippen LogP contribution in [0.25, 0.3) is 11.2 Å². The summed E-state index contributed by atoms with van der Waals surface area (Å²) in [5.41, 5.74) is 5.64. The summed E-state index contributed by atoms with van der Waals surface area (Å²) in [6.07, 6.45) is 0.650. The SMILES string of the molecule is C[C@@H]1C(n2cnc3c(N(C)NS(C)(=O)=O)nc(N)nc32)OC(COP(=O)(NC2(C(=O)OCc3ccccc3Cl)CCC2)Oc2ccc(Br)cc2)[C@H]1O. The van der Waals surface area contributed by atoms with Gasteiger partial charge in [0.1, 0.15) is 30.2 Å². The van der Waals surface area contributed by atoms with Crippen LogP contribution in [0.3, 0.4) is 0 Å². The molecule has 2 aliphatic rings. The van der Waals surface area contributed by atoms with Gasteiger partial charge in [0, 0.05) is 28.0 Å². The number of hydrogen-bond donors (Lipinski definition) is 4. The Morgan fingerprint density at radius 2 is 1.94 bits per heavy atom. The van der Waals surface area contributed by atoms with E-state index in [1.807, 2.05) is 0 Å². The molecule has 21 heteroatoms. The van der Waals surface area contributed by atoms with Crippen molar-refractivity contribution in [3.05, 3.63) is 69.9 Å². The maximum absolute atomic E-state index is 14.5. The van der Waals surface area contributed by atoms with E-state index in [1.165, 1.54) is 17.9 Å². The molecule has 2 fully saturated rings. The predicted molar refractivity (Wildman–Crippen MR) is 194 cm³/mol. The number of carbonyl (C=O) groups excluding carboxylic acids is 1. The quantitative estimate of drug-likeness (QED) is 0.0798. The number of nitrogens with zero attached hydrogens (tertiary/aromatic N) is 5. The van der Waals surface area contributed by atoms with Crippen molar-refractivity contribution in [2.24, 2.45) is 5.92 Å². The van der Waals surface area contributed by atoms with Gasteiger partial charge in [-0.3, -0.25) is 18.9 Å². The Labute approximate surface area is 312 Å². The summed E-state index contributed by atoms with van der Waals surface area (Å²) in [7, 11) is -6.59. The number of hydrogen-bond acceptors (Lipinski definition) is 14. The van der Waals surface area contributed by atoms with Crippen LogP contribution in [0.5, 0.6) is 5.75 Å². The predicted octanol–water partition coefficient (Wildman–Crippen LogP) is 4.08. The van der Waals surface area contributed by atoms with Crippen LogP contribution in [0, 0.1) is 5.92 Å². The average Bonchev–Trinajstić information content (AvgIpc) is 3.60. The molecule has 5 N–H and O–H groups in total. The van der Waals surface area contributed by atoms with Crippen molar-refractivity contribution in [3.63, 3.8) is 0 Å². The van der Waals surface area contributed by atoms with Crippen molar-refractivity contribution < 1.29 is 41.4 Å². The molecule has 3 heterocycles. The molecule has 1 saturated heterocycles. The molecule has 4 aromatic rings.